The minimum Gasteiger partial charge on any atom is -0.386 e. The van der Waals surface area contributed by atoms with E-state index < -0.39 is 75.3 Å². The monoisotopic (exact) mass is 1320 g/mol. The Labute approximate surface area is 515 Å². The predicted molar refractivity (Wildman–Crippen MR) is 326 cm³/mol. The minimum absolute atomic E-state index is 0.00240. The molecule has 1 N–H and O–H groups in total. The molecule has 0 unspecified atom stereocenters. The lowest BCUT2D eigenvalue weighted by Crippen LogP contribution is -2.64. The van der Waals surface area contributed by atoms with Crippen LogP contribution in [-0.4, -0.2) is 80.4 Å². The third-order valence-corrected chi connectivity index (χ3v) is 21.0. The number of nitrogens with one attached hydrogen (secondary N) is 1. The maximum atomic E-state index is 15.8. The normalized spacial score (nSPS) is 13.5. The highest BCUT2D eigenvalue weighted by molar-refractivity contribution is 8.05. The molecule has 7 aromatic carbocycles. The molecule has 0 amide bonds. The highest BCUT2D eigenvalue weighted by Crippen LogP contribution is 2.51. The number of halogens is 9. The molecule has 0 saturated heterocycles. The topological polar surface area (TPSA) is 207 Å². The van der Waals surface area contributed by atoms with E-state index in [4.69, 9.17) is 9.97 Å². The summed E-state index contributed by atoms with van der Waals surface area (Å²) < 4.78 is 214. The van der Waals surface area contributed by atoms with Crippen molar-refractivity contribution in [1.82, 2.24) is 23.1 Å². The summed E-state index contributed by atoms with van der Waals surface area (Å²) in [6, 6.07) is 57.4. The summed E-state index contributed by atoms with van der Waals surface area (Å²) in [4.78, 5) is 9.97. The van der Waals surface area contributed by atoms with Crippen LogP contribution in [0.4, 0.5) is 39.5 Å². The van der Waals surface area contributed by atoms with Crippen molar-refractivity contribution in [2.45, 2.75) is 35.3 Å². The van der Waals surface area contributed by atoms with Gasteiger partial charge in [0, 0.05) is 34.1 Å². The van der Waals surface area contributed by atoms with Crippen LogP contribution in [-0.2, 0) is 36.6 Å². The van der Waals surface area contributed by atoms with E-state index in [-0.39, 0.29) is 48.5 Å². The Hall–Kier alpha value is -9.03. The molecule has 11 aromatic rings. The summed E-state index contributed by atoms with van der Waals surface area (Å²) in [7, 11) is -21.5. The van der Waals surface area contributed by atoms with Crippen LogP contribution >= 0.6 is 22.7 Å². The molecule has 0 spiro atoms. The number of benzene rings is 7. The fraction of sp³-hybridized carbons (Fsp3) is 0.100. The van der Waals surface area contributed by atoms with Crippen molar-refractivity contribution in [2.75, 3.05) is 0 Å². The standard InChI is InChI=1S/C60H37B2F9N7O7S5/c1-36-18-11-12-27-42(36)53-51-50(54(44(35-73)56-75-46-29-14-16-31-49(46)87-56)78(53)62(39-22-7-3-8-23-39)40-24-9-4-10-25-40)47(77(61-38-20-5-2-6-21-38)52(51)43(34-72)55-74-45-28-13-15-30-48(45)86-55)33-37-19-17-26-41(32-37)85-90(83,84)59(67,68)57(63,64)58(65,66)88(79,80)76-89(81,82)60(69,70)71/h2-32,76H,33H2,1H3/b52-43-,54-44-. The fourth-order valence-corrected chi connectivity index (χ4v) is 15.6. The molecule has 453 valence electrons. The molecule has 30 heteroatoms. The molecule has 0 aliphatic rings. The molecule has 0 atom stereocenters. The number of hydrogen-bond donors (Lipinski definition) is 1. The van der Waals surface area contributed by atoms with Gasteiger partial charge in [0.15, 0.2) is 0 Å². The molecule has 1 radical (unpaired) electrons. The zero-order chi connectivity index (χ0) is 64.3. The van der Waals surface area contributed by atoms with Crippen LogP contribution in [0.1, 0.15) is 26.8 Å². The van der Waals surface area contributed by atoms with Crippen LogP contribution in [0.3, 0.4) is 0 Å². The average molecular weight is 1320 g/mol. The molecular formula is C60H37B2F9N7O7S5. The van der Waals surface area contributed by atoms with Crippen LogP contribution in [0.2, 0.25) is 0 Å². The number of fused-ring (bicyclic) bond motifs is 3. The molecule has 4 aromatic heterocycles. The van der Waals surface area contributed by atoms with Gasteiger partial charge in [-0.15, -0.1) is 22.7 Å². The van der Waals surface area contributed by atoms with Gasteiger partial charge < -0.3 is 13.1 Å². The molecule has 14 nitrogen and oxygen atoms in total. The van der Waals surface area contributed by atoms with Gasteiger partial charge in [-0.2, -0.15) is 58.5 Å². The Bertz CT molecular complexity index is 5130. The van der Waals surface area contributed by atoms with Gasteiger partial charge >= 0.3 is 48.9 Å². The Morgan fingerprint density at radius 3 is 1.62 bits per heavy atom. The van der Waals surface area contributed by atoms with Gasteiger partial charge in [-0.05, 0) is 54.4 Å². The van der Waals surface area contributed by atoms with E-state index in [9.17, 15) is 48.9 Å². The van der Waals surface area contributed by atoms with Gasteiger partial charge in [-0.1, -0.05) is 172 Å². The van der Waals surface area contributed by atoms with Crippen LogP contribution in [0.5, 0.6) is 5.75 Å². The molecule has 11 rings (SSSR count). The van der Waals surface area contributed by atoms with Crippen LogP contribution < -0.4 is 35.4 Å². The van der Waals surface area contributed by atoms with Gasteiger partial charge in [-0.25, -0.2) is 26.8 Å². The van der Waals surface area contributed by atoms with Gasteiger partial charge in [-0.3, -0.25) is 0 Å². The number of nitriles is 2. The van der Waals surface area contributed by atoms with Crippen molar-refractivity contribution in [3.05, 3.63) is 226 Å². The Morgan fingerprint density at radius 2 is 1.10 bits per heavy atom. The third kappa shape index (κ3) is 10.9. The highest BCUT2D eigenvalue weighted by atomic mass is 32.3. The Morgan fingerprint density at radius 1 is 0.600 bits per heavy atom. The first-order valence-electron chi connectivity index (χ1n) is 26.3. The average Bonchev–Trinajstić information content (AvgIpc) is 1.49. The number of hydrogen-bond acceptors (Lipinski definition) is 13. The first-order chi connectivity index (χ1) is 42.6. The van der Waals surface area contributed by atoms with Crippen molar-refractivity contribution in [1.29, 1.82) is 10.5 Å². The van der Waals surface area contributed by atoms with Crippen molar-refractivity contribution in [2.24, 2.45) is 0 Å². The second-order valence-corrected chi connectivity index (χ2v) is 27.3. The number of aromatic nitrogens is 4. The lowest BCUT2D eigenvalue weighted by molar-refractivity contribution is -0.245. The summed E-state index contributed by atoms with van der Waals surface area (Å²) in [5, 5.41) is 10.3. The smallest absolute Gasteiger partial charge is 0.386 e. The number of para-hydroxylation sites is 2. The quantitative estimate of drug-likeness (QED) is 0.0486. The maximum Gasteiger partial charge on any atom is 0.512 e. The summed E-state index contributed by atoms with van der Waals surface area (Å²) >= 11 is 2.39. The molecule has 0 fully saturated rings. The minimum atomic E-state index is -8.09. The van der Waals surface area contributed by atoms with E-state index in [0.717, 1.165) is 12.1 Å². The number of sulfonamides is 2. The van der Waals surface area contributed by atoms with E-state index in [2.05, 4.69) is 16.3 Å². The van der Waals surface area contributed by atoms with E-state index in [0.29, 0.717) is 65.1 Å². The van der Waals surface area contributed by atoms with Gasteiger partial charge in [0.05, 0.1) is 31.1 Å². The Balaban J connectivity index is 1.27. The molecule has 4 heterocycles. The van der Waals surface area contributed by atoms with Crippen LogP contribution in [0.25, 0.3) is 53.6 Å². The first kappa shape index (κ1) is 62.6. The number of rotatable bonds is 18. The summed E-state index contributed by atoms with van der Waals surface area (Å²) in [5.74, 6) is -9.07. The molecule has 90 heavy (non-hydrogen) atoms. The largest absolute Gasteiger partial charge is 0.512 e. The van der Waals surface area contributed by atoms with Crippen LogP contribution in [0, 0.1) is 29.6 Å². The number of thiazole rings is 2. The van der Waals surface area contributed by atoms with E-state index in [1.165, 1.54) is 28.7 Å². The van der Waals surface area contributed by atoms with Crippen molar-refractivity contribution in [3.63, 3.8) is 0 Å². The summed E-state index contributed by atoms with van der Waals surface area (Å²) in [6.07, 6.45) is -0.512. The van der Waals surface area contributed by atoms with Gasteiger partial charge in [0.1, 0.15) is 39.0 Å². The maximum absolute atomic E-state index is 15.8. The second-order valence-electron chi connectivity index (χ2n) is 20.0. The molecule has 0 aliphatic heterocycles. The van der Waals surface area contributed by atoms with E-state index >= 15 is 26.3 Å². The van der Waals surface area contributed by atoms with Gasteiger partial charge in [0.25, 0.3) is 17.4 Å². The molecule has 0 bridgehead atoms. The molecule has 0 aliphatic carbocycles. The lowest BCUT2D eigenvalue weighted by atomic mass is 9.50. The Kier molecular flexibility index (Phi) is 16.3. The lowest BCUT2D eigenvalue weighted by Gasteiger charge is -2.31. The summed E-state index contributed by atoms with van der Waals surface area (Å²) in [5.41, 5.74) is -2.05. The zero-order valence-corrected chi connectivity index (χ0v) is 49.8. The molecule has 0 saturated carbocycles. The van der Waals surface area contributed by atoms with E-state index in [1.54, 1.807) is 84.7 Å². The number of aryl methyl sites for hydroxylation is 1. The highest BCUT2D eigenvalue weighted by Gasteiger charge is 2.83. The molecular weight excluding hydrogens is 1280 g/mol. The zero-order valence-electron chi connectivity index (χ0n) is 45.7. The van der Waals surface area contributed by atoms with Gasteiger partial charge in [0.2, 0.25) is 0 Å². The SMILES string of the molecule is Cc1ccccc1-c1c2/c(=C(\C#N)c3nc4ccccc4s3)n([B]c3ccccc3)c(Cc3cccc(OS(=O)(=O)C(F)(F)C(F)(F)C(F)(F)S(=O)(=O)NS(=O)(=O)C(F)(F)F)c3)c2/c(=C(\C#N)c2nc3ccccc3s2)n1B(c1ccccc1)c1ccccc1. The third-order valence-electron chi connectivity index (χ3n) is 14.3. The van der Waals surface area contributed by atoms with Crippen LogP contribution in [0.15, 0.2) is 188 Å². The number of alkyl halides is 9. The summed E-state index contributed by atoms with van der Waals surface area (Å²) in [6.45, 7) is 1.02. The predicted octanol–water partition coefficient (Wildman–Crippen LogP) is 9.42. The first-order valence-corrected chi connectivity index (χ1v) is 32.3. The van der Waals surface area contributed by atoms with Crippen molar-refractivity contribution >= 4 is 126 Å². The van der Waals surface area contributed by atoms with E-state index in [1.807, 2.05) is 102 Å². The second kappa shape index (κ2) is 23.4. The van der Waals surface area contributed by atoms with Crippen molar-refractivity contribution in [3.8, 4) is 29.1 Å². The number of nitrogens with zero attached hydrogens (tertiary/aromatic N) is 6. The fourth-order valence-electron chi connectivity index (χ4n) is 10.3. The van der Waals surface area contributed by atoms with Crippen molar-refractivity contribution < 1.29 is 69.0 Å².